The highest BCUT2D eigenvalue weighted by Crippen LogP contribution is 2.17. The van der Waals surface area contributed by atoms with Crippen LogP contribution in [0.3, 0.4) is 0 Å². The highest BCUT2D eigenvalue weighted by molar-refractivity contribution is 14.1. The van der Waals surface area contributed by atoms with Gasteiger partial charge in [-0.2, -0.15) is 0 Å². The third-order valence-electron chi connectivity index (χ3n) is 2.31. The van der Waals surface area contributed by atoms with Gasteiger partial charge in [0.1, 0.15) is 0 Å². The molecule has 0 saturated carbocycles. The van der Waals surface area contributed by atoms with Crippen molar-refractivity contribution in [2.75, 3.05) is 18.1 Å². The predicted octanol–water partition coefficient (Wildman–Crippen LogP) is 2.11. The molecule has 1 N–H and O–H groups in total. The van der Waals surface area contributed by atoms with Gasteiger partial charge in [0.05, 0.1) is 11.3 Å². The lowest BCUT2D eigenvalue weighted by Gasteiger charge is -2.07. The molecule has 7 heteroatoms. The minimum absolute atomic E-state index is 0.0423. The molecule has 1 aromatic carbocycles. The van der Waals surface area contributed by atoms with Gasteiger partial charge in [-0.15, -0.1) is 0 Å². The molecular weight excluding hydrogens is 389 g/mol. The molecule has 1 aromatic rings. The van der Waals surface area contributed by atoms with Crippen LogP contribution in [0.1, 0.15) is 17.3 Å². The third kappa shape index (κ3) is 4.74. The number of rotatable bonds is 5. The summed E-state index contributed by atoms with van der Waals surface area (Å²) in [5, 5.41) is 3.14. The summed E-state index contributed by atoms with van der Waals surface area (Å²) in [5.41, 5.74) is 0.494. The maximum absolute atomic E-state index is 11.8. The Morgan fingerprint density at radius 2 is 2.11 bits per heavy atom. The molecule has 0 bridgehead atoms. The number of carbonyl (C=O) groups excluding carboxylic acids is 1. The summed E-state index contributed by atoms with van der Waals surface area (Å²) in [6, 6.07) is 4.93. The van der Waals surface area contributed by atoms with E-state index in [1.165, 1.54) is 0 Å². The molecule has 1 amide bonds. The van der Waals surface area contributed by atoms with E-state index < -0.39 is 9.84 Å². The molecule has 0 atom stereocenters. The van der Waals surface area contributed by atoms with Crippen LogP contribution in [-0.2, 0) is 9.84 Å². The van der Waals surface area contributed by atoms with Gasteiger partial charge in [-0.25, -0.2) is 8.42 Å². The molecule has 0 heterocycles. The Balaban J connectivity index is 2.61. The lowest BCUT2D eigenvalue weighted by Crippen LogP contribution is -2.30. The van der Waals surface area contributed by atoms with E-state index in [0.29, 0.717) is 10.6 Å². The van der Waals surface area contributed by atoms with Crippen LogP contribution in [0.5, 0.6) is 0 Å². The van der Waals surface area contributed by atoms with Gasteiger partial charge in [-0.05, 0) is 40.8 Å². The van der Waals surface area contributed by atoms with Crippen molar-refractivity contribution in [2.24, 2.45) is 0 Å². The molecule has 100 valence electrons. The smallest absolute Gasteiger partial charge is 0.252 e. The summed E-state index contributed by atoms with van der Waals surface area (Å²) in [6.45, 7) is 1.70. The lowest BCUT2D eigenvalue weighted by atomic mass is 10.2. The van der Waals surface area contributed by atoms with E-state index in [1.807, 2.05) is 22.6 Å². The average Bonchev–Trinajstić information content (AvgIpc) is 2.28. The number of nitrogens with one attached hydrogen (secondary N) is 1. The van der Waals surface area contributed by atoms with Crippen molar-refractivity contribution < 1.29 is 13.2 Å². The van der Waals surface area contributed by atoms with Gasteiger partial charge in [0.2, 0.25) is 0 Å². The second-order valence-electron chi connectivity index (χ2n) is 3.62. The van der Waals surface area contributed by atoms with Gasteiger partial charge < -0.3 is 5.32 Å². The molecule has 1 rings (SSSR count). The second kappa shape index (κ2) is 6.72. The van der Waals surface area contributed by atoms with E-state index in [4.69, 9.17) is 11.6 Å². The average molecular weight is 402 g/mol. The van der Waals surface area contributed by atoms with Crippen LogP contribution in [0.2, 0.25) is 5.02 Å². The van der Waals surface area contributed by atoms with Crippen LogP contribution in [0, 0.1) is 3.57 Å². The van der Waals surface area contributed by atoms with E-state index in [2.05, 4.69) is 5.32 Å². The molecule has 0 unspecified atom stereocenters. The van der Waals surface area contributed by atoms with Gasteiger partial charge in [0, 0.05) is 20.9 Å². The van der Waals surface area contributed by atoms with Crippen molar-refractivity contribution in [1.82, 2.24) is 5.32 Å². The highest BCUT2D eigenvalue weighted by atomic mass is 127. The van der Waals surface area contributed by atoms with Crippen molar-refractivity contribution in [3.63, 3.8) is 0 Å². The number of halogens is 2. The summed E-state index contributed by atoms with van der Waals surface area (Å²) in [7, 11) is -3.05. The summed E-state index contributed by atoms with van der Waals surface area (Å²) < 4.78 is 23.2. The number of benzene rings is 1. The topological polar surface area (TPSA) is 63.2 Å². The van der Waals surface area contributed by atoms with Crippen LogP contribution in [0.4, 0.5) is 0 Å². The molecule has 0 spiro atoms. The quantitative estimate of drug-likeness (QED) is 0.769. The first-order chi connectivity index (χ1) is 8.35. The standard InChI is InChI=1S/C11H13ClINO3S/c1-2-18(16,17)6-5-14-11(15)9-4-3-8(12)7-10(9)13/h3-4,7H,2,5-6H2,1H3,(H,14,15). The van der Waals surface area contributed by atoms with Crippen LogP contribution in [0.25, 0.3) is 0 Å². The molecule has 0 fully saturated rings. The van der Waals surface area contributed by atoms with E-state index in [-0.39, 0.29) is 24.0 Å². The zero-order chi connectivity index (χ0) is 13.8. The monoisotopic (exact) mass is 401 g/mol. The van der Waals surface area contributed by atoms with E-state index in [0.717, 1.165) is 3.57 Å². The van der Waals surface area contributed by atoms with Gasteiger partial charge in [-0.1, -0.05) is 18.5 Å². The van der Waals surface area contributed by atoms with Crippen molar-refractivity contribution in [3.05, 3.63) is 32.4 Å². The van der Waals surface area contributed by atoms with Crippen LogP contribution < -0.4 is 5.32 Å². The van der Waals surface area contributed by atoms with Crippen molar-refractivity contribution >= 4 is 49.9 Å². The van der Waals surface area contributed by atoms with Crippen molar-refractivity contribution in [1.29, 1.82) is 0 Å². The van der Waals surface area contributed by atoms with Gasteiger partial charge in [-0.3, -0.25) is 4.79 Å². The number of amides is 1. The maximum Gasteiger partial charge on any atom is 0.252 e. The first-order valence-electron chi connectivity index (χ1n) is 5.29. The Hall–Kier alpha value is -0.340. The molecular formula is C11H13ClINO3S. The zero-order valence-electron chi connectivity index (χ0n) is 9.74. The molecule has 0 aliphatic heterocycles. The molecule has 0 saturated heterocycles. The van der Waals surface area contributed by atoms with E-state index in [9.17, 15) is 13.2 Å². The minimum Gasteiger partial charge on any atom is -0.351 e. The lowest BCUT2D eigenvalue weighted by molar-refractivity contribution is 0.0955. The second-order valence-corrected chi connectivity index (χ2v) is 7.69. The zero-order valence-corrected chi connectivity index (χ0v) is 13.5. The summed E-state index contributed by atoms with van der Waals surface area (Å²) in [5.74, 6) is -0.247. The summed E-state index contributed by atoms with van der Waals surface area (Å²) in [4.78, 5) is 11.8. The molecule has 0 aliphatic rings. The number of sulfone groups is 1. The first kappa shape index (κ1) is 15.7. The Kier molecular flexibility index (Phi) is 5.87. The van der Waals surface area contributed by atoms with Crippen LogP contribution >= 0.6 is 34.2 Å². The Bertz CT molecular complexity index is 545. The third-order valence-corrected chi connectivity index (χ3v) is 5.15. The molecule has 0 aromatic heterocycles. The van der Waals surface area contributed by atoms with Crippen LogP contribution in [0.15, 0.2) is 18.2 Å². The normalized spacial score (nSPS) is 11.3. The molecule has 4 nitrogen and oxygen atoms in total. The Morgan fingerprint density at radius 3 is 2.67 bits per heavy atom. The van der Waals surface area contributed by atoms with Crippen LogP contribution in [-0.4, -0.2) is 32.4 Å². The summed E-state index contributed by atoms with van der Waals surface area (Å²) in [6.07, 6.45) is 0. The fourth-order valence-corrected chi connectivity index (χ4v) is 3.05. The summed E-state index contributed by atoms with van der Waals surface area (Å²) >= 11 is 7.80. The highest BCUT2D eigenvalue weighted by Gasteiger charge is 2.12. The maximum atomic E-state index is 11.8. The predicted molar refractivity (Wildman–Crippen MR) is 80.8 cm³/mol. The van der Waals surface area contributed by atoms with Gasteiger partial charge in [0.15, 0.2) is 9.84 Å². The minimum atomic E-state index is -3.05. The molecule has 18 heavy (non-hydrogen) atoms. The fourth-order valence-electron chi connectivity index (χ4n) is 1.23. The largest absolute Gasteiger partial charge is 0.351 e. The molecule has 0 aliphatic carbocycles. The Labute approximate surface area is 125 Å². The van der Waals surface area contributed by atoms with Gasteiger partial charge >= 0.3 is 0 Å². The van der Waals surface area contributed by atoms with Crippen molar-refractivity contribution in [2.45, 2.75) is 6.92 Å². The number of hydrogen-bond acceptors (Lipinski definition) is 3. The first-order valence-corrected chi connectivity index (χ1v) is 8.57. The van der Waals surface area contributed by atoms with E-state index >= 15 is 0 Å². The number of hydrogen-bond donors (Lipinski definition) is 1. The fraction of sp³-hybridized carbons (Fsp3) is 0.364. The van der Waals surface area contributed by atoms with Gasteiger partial charge in [0.25, 0.3) is 5.91 Å². The van der Waals surface area contributed by atoms with E-state index in [1.54, 1.807) is 25.1 Å². The van der Waals surface area contributed by atoms with Crippen molar-refractivity contribution in [3.8, 4) is 0 Å². The number of carbonyl (C=O) groups is 1. The Morgan fingerprint density at radius 1 is 1.44 bits per heavy atom. The SMILES string of the molecule is CCS(=O)(=O)CCNC(=O)c1ccc(Cl)cc1I. The molecule has 0 radical (unpaired) electrons.